The normalized spacial score (nSPS) is 14.3. The molecule has 1 saturated heterocycles. The number of carbonyl (C=O) groups excluding carboxylic acids is 1. The van der Waals surface area contributed by atoms with Crippen molar-refractivity contribution in [3.05, 3.63) is 129 Å². The highest BCUT2D eigenvalue weighted by Gasteiger charge is 2.36. The summed E-state index contributed by atoms with van der Waals surface area (Å²) in [5.74, 6) is -0.124. The van der Waals surface area contributed by atoms with Crippen LogP contribution in [0.3, 0.4) is 0 Å². The fourth-order valence-electron chi connectivity index (χ4n) is 4.16. The number of hydrogen-bond acceptors (Lipinski definition) is 5. The highest BCUT2D eigenvalue weighted by molar-refractivity contribution is 8.03. The van der Waals surface area contributed by atoms with Crippen molar-refractivity contribution in [2.24, 2.45) is 0 Å². The minimum Gasteiger partial charge on any atom is -0.389 e. The highest BCUT2D eigenvalue weighted by atomic mass is 32.2. The summed E-state index contributed by atoms with van der Waals surface area (Å²) in [6, 6.07) is 31.6. The molecule has 0 spiro atoms. The van der Waals surface area contributed by atoms with Crippen molar-refractivity contribution in [3.8, 4) is 0 Å². The van der Waals surface area contributed by atoms with Crippen LogP contribution >= 0.6 is 23.1 Å². The van der Waals surface area contributed by atoms with Crippen LogP contribution in [0.25, 0.3) is 6.08 Å². The van der Waals surface area contributed by atoms with Crippen molar-refractivity contribution in [3.63, 3.8) is 0 Å². The highest BCUT2D eigenvalue weighted by Crippen LogP contribution is 2.49. The molecule has 4 aromatic rings. The van der Waals surface area contributed by atoms with Gasteiger partial charge in [0.05, 0.1) is 10.9 Å². The number of aliphatic hydroxyl groups excluding tert-OH is 1. The van der Waals surface area contributed by atoms with Crippen molar-refractivity contribution in [2.45, 2.75) is 10.9 Å². The molecular formula is C28H24N2O2S2. The average molecular weight is 485 g/mol. The summed E-state index contributed by atoms with van der Waals surface area (Å²) in [6.07, 6.45) is 1.56. The number of thiazole rings is 1. The van der Waals surface area contributed by atoms with Gasteiger partial charge in [-0.05, 0) is 28.2 Å². The van der Waals surface area contributed by atoms with Gasteiger partial charge in [0.15, 0.2) is 0 Å². The molecule has 5 rings (SSSR count). The number of carbonyl (C=O) groups is 1. The Labute approximate surface area is 207 Å². The van der Waals surface area contributed by atoms with Crippen molar-refractivity contribution < 1.29 is 9.90 Å². The third-order valence-corrected chi connectivity index (χ3v) is 8.03. The molecular weight excluding hydrogens is 460 g/mol. The molecule has 1 N–H and O–H groups in total. The second kappa shape index (κ2) is 9.97. The molecule has 0 saturated carbocycles. The van der Waals surface area contributed by atoms with Crippen LogP contribution in [-0.4, -0.2) is 40.1 Å². The lowest BCUT2D eigenvalue weighted by molar-refractivity contribution is 0.00555. The van der Waals surface area contributed by atoms with Crippen LogP contribution in [0.5, 0.6) is 0 Å². The Balaban J connectivity index is 1.49. The van der Waals surface area contributed by atoms with E-state index in [0.29, 0.717) is 18.8 Å². The van der Waals surface area contributed by atoms with Crippen molar-refractivity contribution in [1.82, 2.24) is 9.88 Å². The van der Waals surface area contributed by atoms with E-state index in [1.54, 1.807) is 22.0 Å². The lowest BCUT2D eigenvalue weighted by Crippen LogP contribution is -2.53. The maximum Gasteiger partial charge on any atom is 0.273 e. The van der Waals surface area contributed by atoms with Crippen molar-refractivity contribution >= 4 is 35.1 Å². The van der Waals surface area contributed by atoms with Gasteiger partial charge in [0.1, 0.15) is 10.7 Å². The zero-order chi connectivity index (χ0) is 23.4. The first-order valence-corrected chi connectivity index (χ1v) is 12.9. The van der Waals surface area contributed by atoms with Gasteiger partial charge in [-0.3, -0.25) is 4.79 Å². The zero-order valence-corrected chi connectivity index (χ0v) is 20.1. The van der Waals surface area contributed by atoms with Crippen LogP contribution in [-0.2, 0) is 4.75 Å². The van der Waals surface area contributed by atoms with Gasteiger partial charge in [0, 0.05) is 18.5 Å². The van der Waals surface area contributed by atoms with Crippen LogP contribution in [0.4, 0.5) is 0 Å². The van der Waals surface area contributed by atoms with Gasteiger partial charge in [0.25, 0.3) is 5.91 Å². The largest absolute Gasteiger partial charge is 0.389 e. The SMILES string of the molecule is O=C(c1csc(/C=C\SC(c2ccccc2)(c2ccccc2)c2ccccc2)n1)N1CC(O)C1. The van der Waals surface area contributed by atoms with E-state index < -0.39 is 10.9 Å². The van der Waals surface area contributed by atoms with Crippen LogP contribution in [0.1, 0.15) is 32.2 Å². The van der Waals surface area contributed by atoms with E-state index in [9.17, 15) is 9.90 Å². The van der Waals surface area contributed by atoms with Crippen molar-refractivity contribution in [2.75, 3.05) is 13.1 Å². The summed E-state index contributed by atoms with van der Waals surface area (Å²) < 4.78 is -0.441. The lowest BCUT2D eigenvalue weighted by atomic mass is 9.84. The number of aromatic nitrogens is 1. The number of hydrogen-bond donors (Lipinski definition) is 1. The Kier molecular flexibility index (Phi) is 6.63. The van der Waals surface area contributed by atoms with Gasteiger partial charge in [-0.25, -0.2) is 4.98 Å². The fraction of sp³-hybridized carbons (Fsp3) is 0.143. The number of benzene rings is 3. The molecule has 2 heterocycles. The van der Waals surface area contributed by atoms with Crippen LogP contribution < -0.4 is 0 Å². The summed E-state index contributed by atoms with van der Waals surface area (Å²) in [5.41, 5.74) is 4.00. The molecule has 1 fully saturated rings. The van der Waals surface area contributed by atoms with Crippen LogP contribution in [0, 0.1) is 0 Å². The number of likely N-dealkylation sites (tertiary alicyclic amines) is 1. The van der Waals surface area contributed by atoms with E-state index in [0.717, 1.165) is 5.01 Å². The van der Waals surface area contributed by atoms with E-state index in [1.807, 2.05) is 24.3 Å². The molecule has 1 amide bonds. The smallest absolute Gasteiger partial charge is 0.273 e. The molecule has 170 valence electrons. The number of β-amino-alcohol motifs (C(OH)–C–C–N with tert-alkyl or cyclic N) is 1. The van der Waals surface area contributed by atoms with Gasteiger partial charge >= 0.3 is 0 Å². The molecule has 0 bridgehead atoms. The second-order valence-corrected chi connectivity index (χ2v) is 10.1. The molecule has 34 heavy (non-hydrogen) atoms. The number of rotatable bonds is 7. The zero-order valence-electron chi connectivity index (χ0n) is 18.5. The molecule has 4 nitrogen and oxygen atoms in total. The Bertz CT molecular complexity index is 1170. The van der Waals surface area contributed by atoms with Crippen molar-refractivity contribution in [1.29, 1.82) is 0 Å². The maximum atomic E-state index is 12.5. The number of nitrogens with zero attached hydrogens (tertiary/aromatic N) is 2. The van der Waals surface area contributed by atoms with Gasteiger partial charge in [-0.15, -0.1) is 23.1 Å². The summed E-state index contributed by atoms with van der Waals surface area (Å²) in [7, 11) is 0. The molecule has 1 aliphatic heterocycles. The van der Waals surface area contributed by atoms with E-state index in [-0.39, 0.29) is 5.91 Å². The topological polar surface area (TPSA) is 53.4 Å². The van der Waals surface area contributed by atoms with Gasteiger partial charge in [-0.1, -0.05) is 91.0 Å². The fourth-order valence-corrected chi connectivity index (χ4v) is 6.15. The predicted octanol–water partition coefficient (Wildman–Crippen LogP) is 5.66. The Morgan fingerprint density at radius 1 is 0.912 bits per heavy atom. The average Bonchev–Trinajstić information content (AvgIpc) is 3.35. The molecule has 0 aliphatic carbocycles. The van der Waals surface area contributed by atoms with E-state index in [2.05, 4.69) is 83.2 Å². The molecule has 1 aliphatic rings. The molecule has 0 radical (unpaired) electrons. The summed E-state index contributed by atoms with van der Waals surface area (Å²) in [6.45, 7) is 0.760. The minimum absolute atomic E-state index is 0.124. The minimum atomic E-state index is -0.441. The molecule has 0 unspecified atom stereocenters. The summed E-state index contributed by atoms with van der Waals surface area (Å²) >= 11 is 3.17. The van der Waals surface area contributed by atoms with E-state index in [1.165, 1.54) is 28.0 Å². The lowest BCUT2D eigenvalue weighted by Gasteiger charge is -2.35. The van der Waals surface area contributed by atoms with Crippen LogP contribution in [0.15, 0.2) is 102 Å². The number of thioether (sulfide) groups is 1. The first-order chi connectivity index (χ1) is 16.7. The maximum absolute atomic E-state index is 12.5. The predicted molar refractivity (Wildman–Crippen MR) is 140 cm³/mol. The third kappa shape index (κ3) is 4.44. The van der Waals surface area contributed by atoms with Gasteiger partial charge < -0.3 is 10.0 Å². The quantitative estimate of drug-likeness (QED) is 0.344. The second-order valence-electron chi connectivity index (χ2n) is 8.13. The Morgan fingerprint density at radius 2 is 1.41 bits per heavy atom. The van der Waals surface area contributed by atoms with Crippen LogP contribution in [0.2, 0.25) is 0 Å². The third-order valence-electron chi connectivity index (χ3n) is 5.89. The summed E-state index contributed by atoms with van der Waals surface area (Å²) in [4.78, 5) is 18.6. The molecule has 3 aromatic carbocycles. The molecule has 1 aromatic heterocycles. The number of amides is 1. The molecule has 0 atom stereocenters. The van der Waals surface area contributed by atoms with Gasteiger partial charge in [0.2, 0.25) is 0 Å². The monoisotopic (exact) mass is 484 g/mol. The van der Waals surface area contributed by atoms with Gasteiger partial charge in [-0.2, -0.15) is 0 Å². The standard InChI is InChI=1S/C28H24N2O2S2/c31-24-18-30(19-24)27(32)25-20-33-26(29-25)16-17-34-28(21-10-4-1-5-11-21,22-12-6-2-7-13-22)23-14-8-3-9-15-23/h1-17,20,24,31H,18-19H2/b17-16-. The molecule has 6 heteroatoms. The van der Waals surface area contributed by atoms with E-state index >= 15 is 0 Å². The number of aliphatic hydroxyl groups is 1. The first kappa shape index (κ1) is 22.6. The summed E-state index contributed by atoms with van der Waals surface area (Å²) in [5, 5.41) is 14.1. The van der Waals surface area contributed by atoms with E-state index in [4.69, 9.17) is 0 Å². The Morgan fingerprint density at radius 3 is 1.88 bits per heavy atom. The Hall–Kier alpha value is -3.19. The first-order valence-electron chi connectivity index (χ1n) is 11.1.